The minimum Gasteiger partial charge on any atom is -0.368 e. The molecule has 0 bridgehead atoms. The van der Waals surface area contributed by atoms with E-state index in [9.17, 15) is 9.59 Å². The van der Waals surface area contributed by atoms with Gasteiger partial charge in [0.25, 0.3) is 0 Å². The molecular formula is C18H25N3O2. The maximum Gasteiger partial charge on any atom is 0.318 e. The first kappa shape index (κ1) is 15.8. The molecule has 0 aromatic heterocycles. The van der Waals surface area contributed by atoms with Crippen molar-refractivity contribution in [1.29, 1.82) is 0 Å². The van der Waals surface area contributed by atoms with Gasteiger partial charge in [-0.1, -0.05) is 43.2 Å². The summed E-state index contributed by atoms with van der Waals surface area (Å²) in [6.45, 7) is 0.572. The summed E-state index contributed by atoms with van der Waals surface area (Å²) in [5, 5.41) is 2.97. The lowest BCUT2D eigenvalue weighted by molar-refractivity contribution is -0.121. The van der Waals surface area contributed by atoms with Crippen LogP contribution in [0.2, 0.25) is 0 Å². The van der Waals surface area contributed by atoms with Gasteiger partial charge in [0, 0.05) is 12.6 Å². The van der Waals surface area contributed by atoms with Gasteiger partial charge in [0.2, 0.25) is 5.91 Å². The monoisotopic (exact) mass is 315 g/mol. The Hall–Kier alpha value is -2.04. The third-order valence-corrected chi connectivity index (χ3v) is 5.18. The van der Waals surface area contributed by atoms with E-state index in [1.807, 2.05) is 30.3 Å². The molecule has 3 atom stereocenters. The van der Waals surface area contributed by atoms with Crippen LogP contribution in [0, 0.1) is 5.92 Å². The van der Waals surface area contributed by atoms with Gasteiger partial charge in [0.1, 0.15) is 6.04 Å². The fourth-order valence-electron chi connectivity index (χ4n) is 4.06. The Balaban J connectivity index is 1.60. The Morgan fingerprint density at radius 2 is 1.91 bits per heavy atom. The quantitative estimate of drug-likeness (QED) is 0.892. The molecule has 0 spiro atoms. The van der Waals surface area contributed by atoms with Gasteiger partial charge in [0.15, 0.2) is 0 Å². The molecule has 124 valence electrons. The summed E-state index contributed by atoms with van der Waals surface area (Å²) in [6.07, 6.45) is 5.92. The molecule has 1 aliphatic heterocycles. The minimum atomic E-state index is -0.445. The normalized spacial score (nSPS) is 26.6. The van der Waals surface area contributed by atoms with Gasteiger partial charge in [-0.2, -0.15) is 0 Å². The molecule has 3 rings (SSSR count). The van der Waals surface area contributed by atoms with Crippen LogP contribution in [0.5, 0.6) is 0 Å². The molecule has 3 amide bonds. The lowest BCUT2D eigenvalue weighted by Crippen LogP contribution is -2.52. The predicted molar refractivity (Wildman–Crippen MR) is 88.7 cm³/mol. The number of hydrogen-bond donors (Lipinski definition) is 2. The van der Waals surface area contributed by atoms with Crippen molar-refractivity contribution in [3.8, 4) is 0 Å². The number of hydrogen-bond acceptors (Lipinski definition) is 2. The molecule has 3 N–H and O–H groups in total. The third kappa shape index (κ3) is 3.49. The van der Waals surface area contributed by atoms with Crippen molar-refractivity contribution >= 4 is 11.9 Å². The second-order valence-electron chi connectivity index (χ2n) is 6.64. The number of urea groups is 1. The van der Waals surface area contributed by atoms with Gasteiger partial charge in [0.05, 0.1) is 0 Å². The molecular weight excluding hydrogens is 290 g/mol. The van der Waals surface area contributed by atoms with E-state index < -0.39 is 6.04 Å². The molecule has 1 aliphatic carbocycles. The van der Waals surface area contributed by atoms with Crippen LogP contribution in [0.4, 0.5) is 4.79 Å². The number of primary amides is 1. The summed E-state index contributed by atoms with van der Waals surface area (Å²) in [4.78, 5) is 26.1. The molecule has 1 heterocycles. The van der Waals surface area contributed by atoms with E-state index in [4.69, 9.17) is 5.73 Å². The van der Waals surface area contributed by atoms with E-state index in [2.05, 4.69) is 5.32 Å². The number of carbonyl (C=O) groups excluding carboxylic acids is 2. The molecule has 2 fully saturated rings. The maximum absolute atomic E-state index is 12.6. The number of fused-ring (bicyclic) bond motifs is 1. The second kappa shape index (κ2) is 7.02. The van der Waals surface area contributed by atoms with Crippen molar-refractivity contribution in [3.05, 3.63) is 35.9 Å². The van der Waals surface area contributed by atoms with E-state index in [1.54, 1.807) is 4.90 Å². The Morgan fingerprint density at radius 3 is 2.65 bits per heavy atom. The molecule has 1 saturated heterocycles. The summed E-state index contributed by atoms with van der Waals surface area (Å²) in [5.74, 6) is 0.0544. The van der Waals surface area contributed by atoms with E-state index in [0.29, 0.717) is 12.5 Å². The highest BCUT2D eigenvalue weighted by atomic mass is 16.2. The van der Waals surface area contributed by atoms with E-state index in [1.165, 1.54) is 12.0 Å². The van der Waals surface area contributed by atoms with Crippen molar-refractivity contribution in [2.24, 2.45) is 11.7 Å². The van der Waals surface area contributed by atoms with Gasteiger partial charge < -0.3 is 16.0 Å². The molecule has 1 saturated carbocycles. The van der Waals surface area contributed by atoms with Crippen LogP contribution >= 0.6 is 0 Å². The van der Waals surface area contributed by atoms with E-state index >= 15 is 0 Å². The summed E-state index contributed by atoms with van der Waals surface area (Å²) >= 11 is 0. The van der Waals surface area contributed by atoms with Gasteiger partial charge in [-0.15, -0.1) is 0 Å². The van der Waals surface area contributed by atoms with Crippen molar-refractivity contribution in [1.82, 2.24) is 10.2 Å². The van der Waals surface area contributed by atoms with Crippen molar-refractivity contribution < 1.29 is 9.59 Å². The molecule has 5 heteroatoms. The average molecular weight is 315 g/mol. The van der Waals surface area contributed by atoms with Gasteiger partial charge >= 0.3 is 6.03 Å². The Morgan fingerprint density at radius 1 is 1.17 bits per heavy atom. The van der Waals surface area contributed by atoms with Crippen LogP contribution < -0.4 is 11.1 Å². The van der Waals surface area contributed by atoms with Gasteiger partial charge in [-0.3, -0.25) is 4.79 Å². The number of amides is 3. The first-order valence-electron chi connectivity index (χ1n) is 8.56. The largest absolute Gasteiger partial charge is 0.368 e. The number of nitrogens with one attached hydrogen (secondary N) is 1. The second-order valence-corrected chi connectivity index (χ2v) is 6.64. The van der Waals surface area contributed by atoms with E-state index in [0.717, 1.165) is 32.1 Å². The summed E-state index contributed by atoms with van der Waals surface area (Å²) in [5.41, 5.74) is 6.73. The number of nitrogens with two attached hydrogens (primary N) is 1. The molecule has 1 aromatic rings. The molecule has 23 heavy (non-hydrogen) atoms. The number of likely N-dealkylation sites (tertiary alicyclic amines) is 1. The van der Waals surface area contributed by atoms with Crippen LogP contribution in [0.15, 0.2) is 30.3 Å². The van der Waals surface area contributed by atoms with Crippen molar-refractivity contribution in [2.75, 3.05) is 6.54 Å². The maximum atomic E-state index is 12.6. The third-order valence-electron chi connectivity index (χ3n) is 5.18. The van der Waals surface area contributed by atoms with Crippen LogP contribution in [-0.2, 0) is 11.2 Å². The average Bonchev–Trinajstić information content (AvgIpc) is 2.95. The van der Waals surface area contributed by atoms with Crippen LogP contribution in [0.3, 0.4) is 0 Å². The zero-order valence-electron chi connectivity index (χ0n) is 13.4. The molecule has 2 aliphatic rings. The number of nitrogens with zero attached hydrogens (tertiary/aromatic N) is 1. The summed E-state index contributed by atoms with van der Waals surface area (Å²) < 4.78 is 0. The Kier molecular flexibility index (Phi) is 4.84. The fraction of sp³-hybridized carbons (Fsp3) is 0.556. The van der Waals surface area contributed by atoms with Crippen molar-refractivity contribution in [2.45, 2.75) is 50.6 Å². The number of carbonyl (C=O) groups is 2. The Bertz CT molecular complexity index is 561. The highest BCUT2D eigenvalue weighted by Gasteiger charge is 2.46. The highest BCUT2D eigenvalue weighted by molar-refractivity contribution is 5.87. The molecule has 5 nitrogen and oxygen atoms in total. The van der Waals surface area contributed by atoms with Crippen LogP contribution in [0.25, 0.3) is 0 Å². The zero-order valence-corrected chi connectivity index (χ0v) is 13.4. The zero-order chi connectivity index (χ0) is 16.2. The SMILES string of the molecule is NC(=O)[C@@H]1C[C@H]2CCCC[C@@H]2N1C(=O)NCCc1ccccc1. The molecule has 1 aromatic carbocycles. The smallest absolute Gasteiger partial charge is 0.318 e. The van der Waals surface area contributed by atoms with Crippen molar-refractivity contribution in [3.63, 3.8) is 0 Å². The number of benzene rings is 1. The summed E-state index contributed by atoms with van der Waals surface area (Å²) in [7, 11) is 0. The lowest BCUT2D eigenvalue weighted by atomic mass is 9.85. The van der Waals surface area contributed by atoms with E-state index in [-0.39, 0.29) is 18.0 Å². The van der Waals surface area contributed by atoms with Crippen LogP contribution in [-0.4, -0.2) is 35.5 Å². The topological polar surface area (TPSA) is 75.4 Å². The highest BCUT2D eigenvalue weighted by Crippen LogP contribution is 2.39. The minimum absolute atomic E-state index is 0.140. The standard InChI is InChI=1S/C18H25N3O2/c19-17(22)16-12-14-8-4-5-9-15(14)21(16)18(23)20-11-10-13-6-2-1-3-7-13/h1-3,6-7,14-16H,4-5,8-12H2,(H2,19,22)(H,20,23)/t14-,15+,16+/m1/s1. The molecule has 0 unspecified atom stereocenters. The Labute approximate surface area is 137 Å². The fourth-order valence-corrected chi connectivity index (χ4v) is 4.06. The van der Waals surface area contributed by atoms with Crippen LogP contribution in [0.1, 0.15) is 37.7 Å². The van der Waals surface area contributed by atoms with Gasteiger partial charge in [-0.05, 0) is 37.2 Å². The summed E-state index contributed by atoms with van der Waals surface area (Å²) in [6, 6.07) is 9.65. The lowest BCUT2D eigenvalue weighted by Gasteiger charge is -2.33. The first-order chi connectivity index (χ1) is 11.2. The molecule has 0 radical (unpaired) electrons. The van der Waals surface area contributed by atoms with Gasteiger partial charge in [-0.25, -0.2) is 4.79 Å². The predicted octanol–water partition coefficient (Wildman–Crippen LogP) is 2.06. The number of rotatable bonds is 4. The first-order valence-corrected chi connectivity index (χ1v) is 8.56.